The standard InChI is InChI=1S/2C23H32O6/c2*1-23(2,19-7-15(11-26-3)21(24)16(8-19)12-27-4)20-9-17(13-28-5)22(25)18(10-20)14-29-6/h2*7-10,24-25H,11-14H2,1-6H3. The van der Waals surface area contributed by atoms with E-state index in [1.54, 1.807) is 56.9 Å². The fourth-order valence-electron chi connectivity index (χ4n) is 6.94. The van der Waals surface area contributed by atoms with E-state index >= 15 is 0 Å². The van der Waals surface area contributed by atoms with Crippen molar-refractivity contribution < 1.29 is 58.3 Å². The van der Waals surface area contributed by atoms with Gasteiger partial charge in [-0.2, -0.15) is 0 Å². The summed E-state index contributed by atoms with van der Waals surface area (Å²) in [5.41, 5.74) is 8.84. The van der Waals surface area contributed by atoms with Gasteiger partial charge in [-0.3, -0.25) is 0 Å². The lowest BCUT2D eigenvalue weighted by molar-refractivity contribution is 0.173. The molecule has 4 N–H and O–H groups in total. The number of hydrogen-bond acceptors (Lipinski definition) is 12. The first-order valence-corrected chi connectivity index (χ1v) is 18.9. The van der Waals surface area contributed by atoms with Crippen molar-refractivity contribution in [1.82, 2.24) is 0 Å². The molecule has 0 bridgehead atoms. The normalized spacial score (nSPS) is 11.8. The summed E-state index contributed by atoms with van der Waals surface area (Å²) < 4.78 is 42.1. The van der Waals surface area contributed by atoms with Crippen molar-refractivity contribution in [1.29, 1.82) is 0 Å². The van der Waals surface area contributed by atoms with Crippen LogP contribution >= 0.6 is 0 Å². The van der Waals surface area contributed by atoms with Crippen LogP contribution in [0, 0.1) is 0 Å². The first-order valence-electron chi connectivity index (χ1n) is 18.9. The van der Waals surface area contributed by atoms with E-state index in [2.05, 4.69) is 27.7 Å². The van der Waals surface area contributed by atoms with Crippen LogP contribution in [0.3, 0.4) is 0 Å². The van der Waals surface area contributed by atoms with Gasteiger partial charge in [0.05, 0.1) is 52.9 Å². The van der Waals surface area contributed by atoms with Crippen molar-refractivity contribution in [3.63, 3.8) is 0 Å². The highest BCUT2D eigenvalue weighted by Crippen LogP contribution is 2.41. The number of phenols is 4. The summed E-state index contributed by atoms with van der Waals surface area (Å²) >= 11 is 0. The van der Waals surface area contributed by atoms with Gasteiger partial charge in [0, 0.05) is 112 Å². The summed E-state index contributed by atoms with van der Waals surface area (Å²) in [6, 6.07) is 15.6. The fourth-order valence-corrected chi connectivity index (χ4v) is 6.94. The minimum atomic E-state index is -0.419. The Morgan fingerprint density at radius 2 is 0.414 bits per heavy atom. The molecule has 0 atom stereocenters. The predicted molar refractivity (Wildman–Crippen MR) is 222 cm³/mol. The van der Waals surface area contributed by atoms with E-state index in [0.717, 1.165) is 22.3 Å². The van der Waals surface area contributed by atoms with Crippen LogP contribution in [0.1, 0.15) is 94.5 Å². The molecule has 0 saturated heterocycles. The third-order valence-electron chi connectivity index (χ3n) is 10.4. The van der Waals surface area contributed by atoms with Crippen molar-refractivity contribution in [2.75, 3.05) is 56.9 Å². The van der Waals surface area contributed by atoms with E-state index in [1.165, 1.54) is 0 Å². The molecule has 0 fully saturated rings. The van der Waals surface area contributed by atoms with Crippen molar-refractivity contribution in [2.45, 2.75) is 91.4 Å². The lowest BCUT2D eigenvalue weighted by atomic mass is 9.76. The molecular weight excluding hydrogens is 744 g/mol. The van der Waals surface area contributed by atoms with Crippen LogP contribution in [0.15, 0.2) is 48.5 Å². The maximum atomic E-state index is 10.6. The van der Waals surface area contributed by atoms with Gasteiger partial charge < -0.3 is 58.3 Å². The molecule has 0 aromatic heterocycles. The molecular formula is C46H64O12. The van der Waals surface area contributed by atoms with Gasteiger partial charge in [-0.05, 0) is 70.8 Å². The van der Waals surface area contributed by atoms with E-state index in [9.17, 15) is 20.4 Å². The molecule has 0 aliphatic carbocycles. The number of hydrogen-bond donors (Lipinski definition) is 4. The monoisotopic (exact) mass is 808 g/mol. The highest BCUT2D eigenvalue weighted by atomic mass is 16.5. The first-order chi connectivity index (χ1) is 27.6. The number of aromatic hydroxyl groups is 4. The van der Waals surface area contributed by atoms with Crippen molar-refractivity contribution in [3.8, 4) is 23.0 Å². The third kappa shape index (κ3) is 11.5. The van der Waals surface area contributed by atoms with Crippen molar-refractivity contribution >= 4 is 0 Å². The summed E-state index contributed by atoms with van der Waals surface area (Å²) in [5, 5.41) is 42.2. The van der Waals surface area contributed by atoms with Gasteiger partial charge in [0.2, 0.25) is 0 Å². The molecule has 0 heterocycles. The molecule has 320 valence electrons. The molecule has 0 aliphatic heterocycles. The van der Waals surface area contributed by atoms with E-state index in [1.807, 2.05) is 48.5 Å². The van der Waals surface area contributed by atoms with Crippen LogP contribution in [0.4, 0.5) is 0 Å². The molecule has 4 aromatic rings. The Balaban J connectivity index is 0.000000310. The summed E-state index contributed by atoms with van der Waals surface area (Å²) in [4.78, 5) is 0. The second-order valence-electron chi connectivity index (χ2n) is 15.3. The van der Waals surface area contributed by atoms with E-state index in [0.29, 0.717) is 97.4 Å². The van der Waals surface area contributed by atoms with Crippen molar-refractivity contribution in [2.24, 2.45) is 0 Å². The van der Waals surface area contributed by atoms with Gasteiger partial charge in [0.1, 0.15) is 23.0 Å². The third-order valence-corrected chi connectivity index (χ3v) is 10.4. The Hall–Kier alpha value is -4.24. The number of rotatable bonds is 20. The van der Waals surface area contributed by atoms with Gasteiger partial charge in [0.15, 0.2) is 0 Å². The Morgan fingerprint density at radius 1 is 0.293 bits per heavy atom. The van der Waals surface area contributed by atoms with E-state index in [4.69, 9.17) is 37.9 Å². The van der Waals surface area contributed by atoms with Crippen LogP contribution in [0.25, 0.3) is 0 Å². The largest absolute Gasteiger partial charge is 0.507 e. The minimum Gasteiger partial charge on any atom is -0.507 e. The molecule has 0 spiro atoms. The minimum absolute atomic E-state index is 0.194. The highest BCUT2D eigenvalue weighted by molar-refractivity contribution is 5.54. The highest BCUT2D eigenvalue weighted by Gasteiger charge is 2.29. The van der Waals surface area contributed by atoms with Crippen LogP contribution in [0.5, 0.6) is 23.0 Å². The Kier molecular flexibility index (Phi) is 18.4. The topological polar surface area (TPSA) is 155 Å². The van der Waals surface area contributed by atoms with E-state index < -0.39 is 10.8 Å². The lowest BCUT2D eigenvalue weighted by Crippen LogP contribution is -2.21. The zero-order valence-electron chi connectivity index (χ0n) is 36.3. The second kappa shape index (κ2) is 22.2. The summed E-state index contributed by atoms with van der Waals surface area (Å²) in [5.74, 6) is 0.774. The van der Waals surface area contributed by atoms with Gasteiger partial charge in [-0.15, -0.1) is 0 Å². The summed E-state index contributed by atoms with van der Waals surface area (Å²) in [7, 11) is 12.8. The van der Waals surface area contributed by atoms with Crippen LogP contribution in [0.2, 0.25) is 0 Å². The van der Waals surface area contributed by atoms with Gasteiger partial charge >= 0.3 is 0 Å². The lowest BCUT2D eigenvalue weighted by Gasteiger charge is -2.29. The first kappa shape index (κ1) is 48.1. The molecule has 0 radical (unpaired) electrons. The number of phenolic OH excluding ortho intramolecular Hbond substituents is 4. The maximum Gasteiger partial charge on any atom is 0.126 e. The summed E-state index contributed by atoms with van der Waals surface area (Å²) in [6.07, 6.45) is 0. The molecule has 4 rings (SSSR count). The van der Waals surface area contributed by atoms with Crippen LogP contribution in [-0.4, -0.2) is 77.3 Å². The average Bonchev–Trinajstić information content (AvgIpc) is 3.18. The van der Waals surface area contributed by atoms with E-state index in [-0.39, 0.29) is 23.0 Å². The van der Waals surface area contributed by atoms with Crippen molar-refractivity contribution in [3.05, 3.63) is 115 Å². The molecule has 4 aromatic carbocycles. The Morgan fingerprint density at radius 3 is 0.517 bits per heavy atom. The van der Waals surface area contributed by atoms with Gasteiger partial charge in [-0.1, -0.05) is 27.7 Å². The predicted octanol–water partition coefficient (Wildman–Crippen LogP) is 8.02. The van der Waals surface area contributed by atoms with Gasteiger partial charge in [0.25, 0.3) is 0 Å². The molecule has 0 unspecified atom stereocenters. The van der Waals surface area contributed by atoms with Crippen LogP contribution < -0.4 is 0 Å². The molecule has 0 saturated carbocycles. The zero-order valence-corrected chi connectivity index (χ0v) is 36.3. The fraction of sp³-hybridized carbons (Fsp3) is 0.478. The molecule has 12 nitrogen and oxygen atoms in total. The quantitative estimate of drug-likeness (QED) is 0.0684. The smallest absolute Gasteiger partial charge is 0.126 e. The molecule has 58 heavy (non-hydrogen) atoms. The number of ether oxygens (including phenoxy) is 8. The summed E-state index contributed by atoms with van der Waals surface area (Å²) in [6.45, 7) is 10.8. The van der Waals surface area contributed by atoms with Crippen LogP contribution in [-0.2, 0) is 102 Å². The SMILES string of the molecule is COCc1cc(C(C)(C)c2cc(COC)c(O)c(COC)c2)cc(COC)c1O.COCc1cc(C(C)(C)c2cc(COC)c(O)c(COC)c2)cc(COC)c1O. The number of benzene rings is 4. The molecule has 0 aliphatic rings. The second-order valence-corrected chi connectivity index (χ2v) is 15.3. The Bertz CT molecular complexity index is 1550. The maximum absolute atomic E-state index is 10.6. The molecule has 12 heteroatoms. The number of methoxy groups -OCH3 is 8. The van der Waals surface area contributed by atoms with Gasteiger partial charge in [-0.25, -0.2) is 0 Å². The Labute approximate surface area is 344 Å². The average molecular weight is 809 g/mol. The molecule has 0 amide bonds. The zero-order chi connectivity index (χ0) is 43.2.